The van der Waals surface area contributed by atoms with Crippen molar-refractivity contribution in [3.8, 4) is 22.6 Å². The first-order valence-electron chi connectivity index (χ1n) is 8.00. The maximum atomic E-state index is 13.1. The fourth-order valence-electron chi connectivity index (χ4n) is 2.94. The van der Waals surface area contributed by atoms with Crippen LogP contribution >= 0.6 is 11.6 Å². The Morgan fingerprint density at radius 3 is 2.52 bits per heavy atom. The molecule has 0 aliphatic heterocycles. The van der Waals surface area contributed by atoms with E-state index in [-0.39, 0.29) is 34.7 Å². The lowest BCUT2D eigenvalue weighted by molar-refractivity contribution is -0.137. The fourth-order valence-corrected chi connectivity index (χ4v) is 3.11. The minimum absolute atomic E-state index is 0.0626. The molecule has 4 nitrogen and oxygen atoms in total. The molecule has 0 saturated heterocycles. The molecule has 0 aliphatic rings. The monoisotopic (exact) mass is 397 g/mol. The van der Waals surface area contributed by atoms with Gasteiger partial charge in [-0.1, -0.05) is 17.7 Å². The molecule has 0 fully saturated rings. The van der Waals surface area contributed by atoms with E-state index in [1.165, 1.54) is 31.3 Å². The molecule has 0 bridgehead atoms. The van der Waals surface area contributed by atoms with Gasteiger partial charge in [0, 0.05) is 28.6 Å². The molecule has 0 amide bonds. The van der Waals surface area contributed by atoms with E-state index >= 15 is 0 Å². The number of halogens is 4. The standard InChI is InChI=1S/C19H15ClF3NO3/c1-3-27-17-16(13-9-11(20)5-7-15(13)25)12-6-4-10(19(21,22)23)8-14(12)24(2)18(17)26/h4-9,25H,3H2,1-2H3. The Morgan fingerprint density at radius 1 is 1.19 bits per heavy atom. The van der Waals surface area contributed by atoms with Crippen LogP contribution in [0.25, 0.3) is 22.0 Å². The molecular weight excluding hydrogens is 383 g/mol. The Hall–Kier alpha value is -2.67. The van der Waals surface area contributed by atoms with Crippen LogP contribution in [0.15, 0.2) is 41.2 Å². The smallest absolute Gasteiger partial charge is 0.416 e. The summed E-state index contributed by atoms with van der Waals surface area (Å²) in [4.78, 5) is 12.8. The van der Waals surface area contributed by atoms with Gasteiger partial charge in [-0.25, -0.2) is 0 Å². The molecule has 0 aliphatic carbocycles. The van der Waals surface area contributed by atoms with Crippen molar-refractivity contribution >= 4 is 22.5 Å². The minimum atomic E-state index is -4.55. The van der Waals surface area contributed by atoms with Crippen molar-refractivity contribution in [2.45, 2.75) is 13.1 Å². The van der Waals surface area contributed by atoms with Gasteiger partial charge in [0.1, 0.15) is 5.75 Å². The van der Waals surface area contributed by atoms with E-state index in [1.807, 2.05) is 0 Å². The lowest BCUT2D eigenvalue weighted by Crippen LogP contribution is -2.21. The van der Waals surface area contributed by atoms with Gasteiger partial charge in [-0.3, -0.25) is 4.79 Å². The zero-order valence-electron chi connectivity index (χ0n) is 14.4. The number of ether oxygens (including phenoxy) is 1. The summed E-state index contributed by atoms with van der Waals surface area (Å²) in [6, 6.07) is 7.33. The number of rotatable bonds is 3. The van der Waals surface area contributed by atoms with Crippen LogP contribution in [0.5, 0.6) is 11.5 Å². The van der Waals surface area contributed by atoms with Crippen LogP contribution in [0.2, 0.25) is 5.02 Å². The predicted molar refractivity (Wildman–Crippen MR) is 97.5 cm³/mol. The van der Waals surface area contributed by atoms with Gasteiger partial charge < -0.3 is 14.4 Å². The van der Waals surface area contributed by atoms with E-state index in [0.717, 1.165) is 16.7 Å². The van der Waals surface area contributed by atoms with Gasteiger partial charge in [-0.2, -0.15) is 13.2 Å². The number of fused-ring (bicyclic) bond motifs is 1. The van der Waals surface area contributed by atoms with E-state index in [2.05, 4.69) is 0 Å². The average Bonchev–Trinajstić information content (AvgIpc) is 2.61. The summed E-state index contributed by atoms with van der Waals surface area (Å²) in [5.41, 5.74) is -1.03. The molecule has 3 aromatic rings. The maximum Gasteiger partial charge on any atom is 0.416 e. The molecule has 1 N–H and O–H groups in total. The molecule has 0 radical (unpaired) electrons. The third-order valence-corrected chi connectivity index (χ3v) is 4.43. The number of aromatic nitrogens is 1. The second-order valence-electron chi connectivity index (χ2n) is 5.89. The third kappa shape index (κ3) is 3.35. The van der Waals surface area contributed by atoms with Crippen LogP contribution in [-0.2, 0) is 13.2 Å². The zero-order valence-corrected chi connectivity index (χ0v) is 15.1. The first-order chi connectivity index (χ1) is 12.6. The van der Waals surface area contributed by atoms with Gasteiger partial charge in [-0.05, 0) is 37.3 Å². The number of benzene rings is 2. The molecule has 0 saturated carbocycles. The molecule has 3 rings (SSSR count). The molecule has 0 unspecified atom stereocenters. The largest absolute Gasteiger partial charge is 0.507 e. The molecular formula is C19H15ClF3NO3. The van der Waals surface area contributed by atoms with E-state index in [4.69, 9.17) is 16.3 Å². The van der Waals surface area contributed by atoms with Crippen LogP contribution in [0.1, 0.15) is 12.5 Å². The van der Waals surface area contributed by atoms with Gasteiger partial charge >= 0.3 is 6.18 Å². The minimum Gasteiger partial charge on any atom is -0.507 e. The molecule has 1 aromatic heterocycles. The predicted octanol–water partition coefficient (Wildman–Crippen LogP) is 4.98. The number of hydrogen-bond acceptors (Lipinski definition) is 3. The maximum absolute atomic E-state index is 13.1. The topological polar surface area (TPSA) is 51.5 Å². The van der Waals surface area contributed by atoms with Crippen molar-refractivity contribution in [1.29, 1.82) is 0 Å². The van der Waals surface area contributed by atoms with Gasteiger partial charge in [0.15, 0.2) is 5.75 Å². The number of nitrogens with zero attached hydrogens (tertiary/aromatic N) is 1. The highest BCUT2D eigenvalue weighted by atomic mass is 35.5. The summed E-state index contributed by atoms with van der Waals surface area (Å²) in [5, 5.41) is 10.9. The van der Waals surface area contributed by atoms with Gasteiger partial charge in [0.2, 0.25) is 0 Å². The summed E-state index contributed by atoms with van der Waals surface area (Å²) in [6.45, 7) is 1.84. The Labute approximate surface area is 157 Å². The van der Waals surface area contributed by atoms with E-state index in [0.29, 0.717) is 10.4 Å². The molecule has 0 atom stereocenters. The highest BCUT2D eigenvalue weighted by Gasteiger charge is 2.31. The number of hydrogen-bond donors (Lipinski definition) is 1. The number of aromatic hydroxyl groups is 1. The number of phenols is 1. The first kappa shape index (κ1) is 19.1. The lowest BCUT2D eigenvalue weighted by Gasteiger charge is -2.18. The Bertz CT molecular complexity index is 1090. The van der Waals surface area contributed by atoms with E-state index in [1.54, 1.807) is 6.92 Å². The Morgan fingerprint density at radius 2 is 1.89 bits per heavy atom. The van der Waals surface area contributed by atoms with Gasteiger partial charge in [0.05, 0.1) is 17.7 Å². The molecule has 1 heterocycles. The van der Waals surface area contributed by atoms with Crippen LogP contribution < -0.4 is 10.3 Å². The molecule has 8 heteroatoms. The van der Waals surface area contributed by atoms with Crippen LogP contribution in [0, 0.1) is 0 Å². The highest BCUT2D eigenvalue weighted by Crippen LogP contribution is 2.41. The molecule has 0 spiro atoms. The number of phenolic OH excluding ortho intramolecular Hbond substituents is 1. The summed E-state index contributed by atoms with van der Waals surface area (Å²) in [6.07, 6.45) is -4.55. The quantitative estimate of drug-likeness (QED) is 0.678. The summed E-state index contributed by atoms with van der Waals surface area (Å²) >= 11 is 6.02. The normalized spacial score (nSPS) is 11.8. The van der Waals surface area contributed by atoms with Crippen LogP contribution in [0.3, 0.4) is 0 Å². The second-order valence-corrected chi connectivity index (χ2v) is 6.33. The summed E-state index contributed by atoms with van der Waals surface area (Å²) in [5.74, 6) is -0.236. The highest BCUT2D eigenvalue weighted by molar-refractivity contribution is 6.31. The fraction of sp³-hybridized carbons (Fsp3) is 0.211. The number of aryl methyl sites for hydroxylation is 1. The van der Waals surface area contributed by atoms with Crippen LogP contribution in [-0.4, -0.2) is 16.3 Å². The molecule has 2 aromatic carbocycles. The average molecular weight is 398 g/mol. The molecule has 142 valence electrons. The van der Waals surface area contributed by atoms with Crippen molar-refractivity contribution in [3.05, 3.63) is 57.3 Å². The number of pyridine rings is 1. The Balaban J connectivity index is 2.49. The molecule has 27 heavy (non-hydrogen) atoms. The second kappa shape index (κ2) is 6.81. The van der Waals surface area contributed by atoms with Gasteiger partial charge in [-0.15, -0.1) is 0 Å². The zero-order chi connectivity index (χ0) is 19.9. The number of alkyl halides is 3. The first-order valence-corrected chi connectivity index (χ1v) is 8.38. The van der Waals surface area contributed by atoms with Crippen molar-refractivity contribution in [2.75, 3.05) is 6.61 Å². The van der Waals surface area contributed by atoms with Gasteiger partial charge in [0.25, 0.3) is 5.56 Å². The lowest BCUT2D eigenvalue weighted by atomic mass is 9.97. The van der Waals surface area contributed by atoms with E-state index < -0.39 is 17.3 Å². The third-order valence-electron chi connectivity index (χ3n) is 4.20. The van der Waals surface area contributed by atoms with Crippen molar-refractivity contribution < 1.29 is 23.0 Å². The van der Waals surface area contributed by atoms with Crippen LogP contribution in [0.4, 0.5) is 13.2 Å². The summed E-state index contributed by atoms with van der Waals surface area (Å²) in [7, 11) is 1.37. The van der Waals surface area contributed by atoms with E-state index in [9.17, 15) is 23.1 Å². The SMILES string of the molecule is CCOc1c(-c2cc(Cl)ccc2O)c2ccc(C(F)(F)F)cc2n(C)c1=O. The summed E-state index contributed by atoms with van der Waals surface area (Å²) < 4.78 is 45.9. The van der Waals surface area contributed by atoms with Crippen molar-refractivity contribution in [3.63, 3.8) is 0 Å². The van der Waals surface area contributed by atoms with Crippen molar-refractivity contribution in [2.24, 2.45) is 7.05 Å². The van der Waals surface area contributed by atoms with Crippen molar-refractivity contribution in [1.82, 2.24) is 4.57 Å². The Kier molecular flexibility index (Phi) is 4.82.